The van der Waals surface area contributed by atoms with Gasteiger partial charge in [-0.15, -0.1) is 0 Å². The number of nitrogens with zero attached hydrogens (tertiary/aromatic N) is 1. The Morgan fingerprint density at radius 3 is 2.53 bits per heavy atom. The van der Waals surface area contributed by atoms with Crippen molar-refractivity contribution in [2.45, 2.75) is 20.3 Å². The van der Waals surface area contributed by atoms with E-state index in [9.17, 15) is 4.79 Å². The normalized spacial score (nSPS) is 10.4. The van der Waals surface area contributed by atoms with Crippen molar-refractivity contribution in [3.63, 3.8) is 0 Å². The highest BCUT2D eigenvalue weighted by Crippen LogP contribution is 2.10. The molecule has 1 amide bonds. The molecule has 3 heteroatoms. The number of hydrogen-bond acceptors (Lipinski definition) is 2. The summed E-state index contributed by atoms with van der Waals surface area (Å²) in [5, 5.41) is 2.92. The minimum Gasteiger partial charge on any atom is -0.374 e. The van der Waals surface area contributed by atoms with Gasteiger partial charge in [0.25, 0.3) is 0 Å². The van der Waals surface area contributed by atoms with E-state index in [4.69, 9.17) is 0 Å². The van der Waals surface area contributed by atoms with Crippen LogP contribution in [0.4, 0.5) is 5.69 Å². The first kappa shape index (κ1) is 13.6. The van der Waals surface area contributed by atoms with Crippen molar-refractivity contribution in [3.8, 4) is 0 Å². The predicted octanol–water partition coefficient (Wildman–Crippen LogP) is 2.29. The molecule has 0 unspecified atom stereocenters. The summed E-state index contributed by atoms with van der Waals surface area (Å²) >= 11 is 0. The molecule has 1 aromatic carbocycles. The minimum atomic E-state index is 0.126. The number of nitrogens with one attached hydrogen (secondary N) is 1. The van der Waals surface area contributed by atoms with Gasteiger partial charge in [0.15, 0.2) is 0 Å². The Balaban J connectivity index is 2.29. The van der Waals surface area contributed by atoms with E-state index < -0.39 is 0 Å². The fourth-order valence-electron chi connectivity index (χ4n) is 1.49. The van der Waals surface area contributed by atoms with Gasteiger partial charge in [0, 0.05) is 32.2 Å². The molecule has 0 atom stereocenters. The molecular weight excluding hydrogens is 212 g/mol. The Bertz CT molecular complexity index is 335. The van der Waals surface area contributed by atoms with Crippen LogP contribution in [-0.2, 0) is 4.79 Å². The smallest absolute Gasteiger partial charge is 0.221 e. The molecule has 17 heavy (non-hydrogen) atoms. The van der Waals surface area contributed by atoms with E-state index in [1.54, 1.807) is 0 Å². The number of anilines is 1. The number of hydrogen-bond donors (Lipinski definition) is 1. The quantitative estimate of drug-likeness (QED) is 0.819. The monoisotopic (exact) mass is 234 g/mol. The number of amides is 1. The summed E-state index contributed by atoms with van der Waals surface area (Å²) < 4.78 is 0. The van der Waals surface area contributed by atoms with Crippen molar-refractivity contribution >= 4 is 11.6 Å². The largest absolute Gasteiger partial charge is 0.374 e. The average molecular weight is 234 g/mol. The van der Waals surface area contributed by atoms with Crippen molar-refractivity contribution in [3.05, 3.63) is 30.3 Å². The first-order valence-corrected chi connectivity index (χ1v) is 6.12. The third kappa shape index (κ3) is 5.38. The summed E-state index contributed by atoms with van der Waals surface area (Å²) in [7, 11) is 2.01. The predicted molar refractivity (Wildman–Crippen MR) is 72.2 cm³/mol. The van der Waals surface area contributed by atoms with Crippen LogP contribution >= 0.6 is 0 Å². The molecule has 0 heterocycles. The summed E-state index contributed by atoms with van der Waals surface area (Å²) in [5.74, 6) is 0.632. The van der Waals surface area contributed by atoms with Gasteiger partial charge < -0.3 is 10.2 Å². The first-order valence-electron chi connectivity index (χ1n) is 6.12. The molecule has 0 aliphatic rings. The number of benzene rings is 1. The Morgan fingerprint density at radius 1 is 1.29 bits per heavy atom. The van der Waals surface area contributed by atoms with Gasteiger partial charge in [0.1, 0.15) is 0 Å². The third-order valence-corrected chi connectivity index (χ3v) is 2.58. The van der Waals surface area contributed by atoms with E-state index in [1.165, 1.54) is 0 Å². The number of carbonyl (C=O) groups is 1. The molecule has 1 N–H and O–H groups in total. The lowest BCUT2D eigenvalue weighted by atomic mass is 10.2. The summed E-state index contributed by atoms with van der Waals surface area (Å²) in [6.07, 6.45) is 0.540. The fraction of sp³-hybridized carbons (Fsp3) is 0.500. The van der Waals surface area contributed by atoms with Gasteiger partial charge in [-0.05, 0) is 18.1 Å². The van der Waals surface area contributed by atoms with Crippen molar-refractivity contribution in [2.24, 2.45) is 5.92 Å². The van der Waals surface area contributed by atoms with Crippen molar-refractivity contribution in [1.29, 1.82) is 0 Å². The van der Waals surface area contributed by atoms with Crippen LogP contribution in [0.25, 0.3) is 0 Å². The van der Waals surface area contributed by atoms with Gasteiger partial charge >= 0.3 is 0 Å². The standard InChI is InChI=1S/C14H22N2O/c1-12(2)11-15-14(17)9-10-16(3)13-7-5-4-6-8-13/h4-8,12H,9-11H2,1-3H3,(H,15,17). The van der Waals surface area contributed by atoms with E-state index >= 15 is 0 Å². The maximum absolute atomic E-state index is 11.5. The average Bonchev–Trinajstić information content (AvgIpc) is 2.34. The molecule has 3 nitrogen and oxygen atoms in total. The van der Waals surface area contributed by atoms with Crippen LogP contribution in [-0.4, -0.2) is 26.0 Å². The second-order valence-corrected chi connectivity index (χ2v) is 4.71. The molecule has 0 aromatic heterocycles. The van der Waals surface area contributed by atoms with Crippen LogP contribution in [0.2, 0.25) is 0 Å². The van der Waals surface area contributed by atoms with Crippen molar-refractivity contribution in [1.82, 2.24) is 5.32 Å². The van der Waals surface area contributed by atoms with Gasteiger partial charge in [-0.25, -0.2) is 0 Å². The Morgan fingerprint density at radius 2 is 1.94 bits per heavy atom. The van der Waals surface area contributed by atoms with E-state index in [2.05, 4.69) is 24.1 Å². The lowest BCUT2D eigenvalue weighted by Gasteiger charge is -2.19. The minimum absolute atomic E-state index is 0.126. The molecule has 0 aliphatic carbocycles. The van der Waals surface area contributed by atoms with E-state index in [-0.39, 0.29) is 5.91 Å². The highest BCUT2D eigenvalue weighted by Gasteiger charge is 2.05. The first-order chi connectivity index (χ1) is 8.09. The Kier molecular flexibility index (Phi) is 5.53. The number of rotatable bonds is 6. The maximum Gasteiger partial charge on any atom is 0.221 e. The molecule has 0 spiro atoms. The summed E-state index contributed by atoms with van der Waals surface area (Å²) in [5.41, 5.74) is 1.14. The van der Waals surface area contributed by atoms with E-state index in [0.717, 1.165) is 18.8 Å². The third-order valence-electron chi connectivity index (χ3n) is 2.58. The van der Waals surface area contributed by atoms with Crippen LogP contribution in [0, 0.1) is 5.92 Å². The molecule has 0 saturated heterocycles. The van der Waals surface area contributed by atoms with E-state index in [1.807, 2.05) is 37.4 Å². The van der Waals surface area contributed by atoms with Crippen LogP contribution in [0.1, 0.15) is 20.3 Å². The van der Waals surface area contributed by atoms with Gasteiger partial charge in [0.05, 0.1) is 0 Å². The second-order valence-electron chi connectivity index (χ2n) is 4.71. The second kappa shape index (κ2) is 6.94. The van der Waals surface area contributed by atoms with Crippen LogP contribution < -0.4 is 10.2 Å². The highest BCUT2D eigenvalue weighted by molar-refractivity contribution is 5.76. The van der Waals surface area contributed by atoms with Gasteiger partial charge in [-0.3, -0.25) is 4.79 Å². The zero-order chi connectivity index (χ0) is 12.7. The molecule has 94 valence electrons. The van der Waals surface area contributed by atoms with Crippen LogP contribution in [0.15, 0.2) is 30.3 Å². The molecular formula is C14H22N2O. The molecule has 0 fully saturated rings. The van der Waals surface area contributed by atoms with Crippen molar-refractivity contribution < 1.29 is 4.79 Å². The molecule has 1 aromatic rings. The van der Waals surface area contributed by atoms with Gasteiger partial charge in [0.2, 0.25) is 5.91 Å². The zero-order valence-electron chi connectivity index (χ0n) is 10.9. The lowest BCUT2D eigenvalue weighted by Crippen LogP contribution is -2.31. The van der Waals surface area contributed by atoms with E-state index in [0.29, 0.717) is 12.3 Å². The summed E-state index contributed by atoms with van der Waals surface area (Å²) in [6, 6.07) is 10.1. The van der Waals surface area contributed by atoms with Crippen LogP contribution in [0.5, 0.6) is 0 Å². The Hall–Kier alpha value is -1.51. The number of para-hydroxylation sites is 1. The summed E-state index contributed by atoms with van der Waals surface area (Å²) in [4.78, 5) is 13.6. The van der Waals surface area contributed by atoms with Gasteiger partial charge in [-0.1, -0.05) is 32.0 Å². The fourth-order valence-corrected chi connectivity index (χ4v) is 1.49. The van der Waals surface area contributed by atoms with Crippen molar-refractivity contribution in [2.75, 3.05) is 25.0 Å². The zero-order valence-corrected chi connectivity index (χ0v) is 10.9. The van der Waals surface area contributed by atoms with Crippen LogP contribution in [0.3, 0.4) is 0 Å². The maximum atomic E-state index is 11.5. The SMILES string of the molecule is CC(C)CNC(=O)CCN(C)c1ccccc1. The number of carbonyl (C=O) groups excluding carboxylic acids is 1. The lowest BCUT2D eigenvalue weighted by molar-refractivity contribution is -0.121. The molecule has 0 radical (unpaired) electrons. The molecule has 1 rings (SSSR count). The molecule has 0 aliphatic heterocycles. The topological polar surface area (TPSA) is 32.3 Å². The summed E-state index contributed by atoms with van der Waals surface area (Å²) in [6.45, 7) is 5.69. The molecule has 0 saturated carbocycles. The molecule has 0 bridgehead atoms. The highest BCUT2D eigenvalue weighted by atomic mass is 16.1. The van der Waals surface area contributed by atoms with Gasteiger partial charge in [-0.2, -0.15) is 0 Å². The Labute approximate surface area is 104 Å².